The Morgan fingerprint density at radius 2 is 1.43 bits per heavy atom. The van der Waals surface area contributed by atoms with Crippen LogP contribution >= 0.6 is 10.3 Å². The molecule has 1 fully saturated rings. The Hall–Kier alpha value is -2.53. The smallest absolute Gasteiger partial charge is 0.405 e. The van der Waals surface area contributed by atoms with Crippen molar-refractivity contribution >= 4 is 20.4 Å². The van der Waals surface area contributed by atoms with Gasteiger partial charge in [0.25, 0.3) is 10.1 Å². The van der Waals surface area contributed by atoms with Crippen molar-refractivity contribution in [3.63, 3.8) is 0 Å². The first-order valence-corrected chi connectivity index (χ1v) is 14.1. The van der Waals surface area contributed by atoms with E-state index in [2.05, 4.69) is 0 Å². The number of rotatable bonds is 8. The molecule has 0 spiro atoms. The molecule has 0 saturated carbocycles. The monoisotopic (exact) mass is 526 g/mol. The fourth-order valence-corrected chi connectivity index (χ4v) is 9.04. The van der Waals surface area contributed by atoms with E-state index < -0.39 is 38.6 Å². The van der Waals surface area contributed by atoms with Crippen LogP contribution in [-0.4, -0.2) is 33.2 Å². The molecule has 1 aliphatic rings. The topological polar surface area (TPSA) is 61.8 Å². The van der Waals surface area contributed by atoms with Gasteiger partial charge in [-0.05, 0) is 65.6 Å². The summed E-state index contributed by atoms with van der Waals surface area (Å²) in [6.45, 7) is 0.576. The standard InChI is InChI=1S/C25H25F3O5S2/c26-25(27,28)19-34(29,30)33-35(21-11-3-1-4-12-21,22-13-5-2-6-14-22)23-15-9-10-20(18-23)32-24-16-7-8-17-31-24/h1-6,9-15,18,24H,7-8,16-17,19H2. The number of hydrogen-bond donors (Lipinski definition) is 0. The van der Waals surface area contributed by atoms with Crippen LogP contribution in [0.4, 0.5) is 13.2 Å². The minimum Gasteiger partial charge on any atom is -0.465 e. The first-order chi connectivity index (χ1) is 16.7. The van der Waals surface area contributed by atoms with E-state index in [-0.39, 0.29) is 0 Å². The van der Waals surface area contributed by atoms with Crippen LogP contribution < -0.4 is 4.74 Å². The summed E-state index contributed by atoms with van der Waals surface area (Å²) < 4.78 is 82.4. The van der Waals surface area contributed by atoms with Crippen molar-refractivity contribution in [1.29, 1.82) is 0 Å². The van der Waals surface area contributed by atoms with Crippen LogP contribution in [0.3, 0.4) is 0 Å². The summed E-state index contributed by atoms with van der Waals surface area (Å²) >= 11 is 0. The van der Waals surface area contributed by atoms with Gasteiger partial charge in [-0.2, -0.15) is 21.6 Å². The number of alkyl halides is 3. The van der Waals surface area contributed by atoms with Crippen molar-refractivity contribution < 1.29 is 34.7 Å². The molecule has 0 bridgehead atoms. The van der Waals surface area contributed by atoms with Gasteiger partial charge in [-0.3, -0.25) is 0 Å². The second-order valence-corrected chi connectivity index (χ2v) is 12.4. The highest BCUT2D eigenvalue weighted by atomic mass is 32.3. The lowest BCUT2D eigenvalue weighted by Crippen LogP contribution is -2.26. The van der Waals surface area contributed by atoms with Crippen LogP contribution in [0.15, 0.2) is 99.6 Å². The molecule has 3 aromatic carbocycles. The lowest BCUT2D eigenvalue weighted by Gasteiger charge is -2.39. The maximum atomic E-state index is 13.2. The minimum atomic E-state index is -5.03. The maximum absolute atomic E-state index is 13.2. The number of hydrogen-bond acceptors (Lipinski definition) is 5. The van der Waals surface area contributed by atoms with E-state index in [1.165, 1.54) is 0 Å². The molecule has 1 saturated heterocycles. The van der Waals surface area contributed by atoms with Gasteiger partial charge < -0.3 is 9.47 Å². The third kappa shape index (κ3) is 6.38. The van der Waals surface area contributed by atoms with Gasteiger partial charge in [0, 0.05) is 21.1 Å². The van der Waals surface area contributed by atoms with Crippen molar-refractivity contribution in [3.05, 3.63) is 84.9 Å². The van der Waals surface area contributed by atoms with Crippen LogP contribution in [0.2, 0.25) is 0 Å². The van der Waals surface area contributed by atoms with E-state index in [9.17, 15) is 21.6 Å². The SMILES string of the molecule is O=S(=O)(CC(F)(F)F)OS(c1ccccc1)(c1ccccc1)c1cccc(OC2CCCCO2)c1. The minimum absolute atomic E-state index is 0.383. The maximum Gasteiger partial charge on any atom is 0.405 e. The van der Waals surface area contributed by atoms with Crippen molar-refractivity contribution in [2.45, 2.75) is 46.4 Å². The highest BCUT2D eigenvalue weighted by molar-refractivity contribution is 8.33. The highest BCUT2D eigenvalue weighted by Crippen LogP contribution is 2.70. The summed E-state index contributed by atoms with van der Waals surface area (Å²) in [4.78, 5) is 1.25. The van der Waals surface area contributed by atoms with Crippen LogP contribution in [0.5, 0.6) is 5.75 Å². The Balaban J connectivity index is 1.88. The Labute approximate surface area is 204 Å². The van der Waals surface area contributed by atoms with Gasteiger partial charge >= 0.3 is 6.18 Å². The molecule has 0 amide bonds. The molecule has 0 radical (unpaired) electrons. The zero-order valence-electron chi connectivity index (χ0n) is 18.7. The Bertz CT molecular complexity index is 1170. The fraction of sp³-hybridized carbons (Fsp3) is 0.280. The first-order valence-electron chi connectivity index (χ1n) is 11.0. The van der Waals surface area contributed by atoms with Gasteiger partial charge in [0.05, 0.1) is 6.61 Å². The fourth-order valence-electron chi connectivity index (χ4n) is 3.81. The second kappa shape index (κ2) is 10.6. The first kappa shape index (κ1) is 25.6. The summed E-state index contributed by atoms with van der Waals surface area (Å²) in [5.41, 5.74) is 0. The van der Waals surface area contributed by atoms with Crippen LogP contribution in [0.1, 0.15) is 19.3 Å². The van der Waals surface area contributed by atoms with E-state index in [0.717, 1.165) is 12.8 Å². The van der Waals surface area contributed by atoms with Gasteiger partial charge in [-0.1, -0.05) is 42.5 Å². The highest BCUT2D eigenvalue weighted by Gasteiger charge is 2.43. The molecule has 1 heterocycles. The molecule has 0 aliphatic carbocycles. The van der Waals surface area contributed by atoms with Gasteiger partial charge in [0.2, 0.25) is 0 Å². The molecule has 0 N–H and O–H groups in total. The van der Waals surface area contributed by atoms with Crippen molar-refractivity contribution in [1.82, 2.24) is 0 Å². The third-order valence-corrected chi connectivity index (χ3v) is 10.4. The van der Waals surface area contributed by atoms with Gasteiger partial charge in [-0.15, -0.1) is 0 Å². The lowest BCUT2D eigenvalue weighted by molar-refractivity contribution is -0.107. The summed E-state index contributed by atoms with van der Waals surface area (Å²) in [6.07, 6.45) is -2.81. The molecule has 1 atom stereocenters. The van der Waals surface area contributed by atoms with E-state index in [4.69, 9.17) is 13.1 Å². The molecule has 0 aromatic heterocycles. The largest absolute Gasteiger partial charge is 0.465 e. The van der Waals surface area contributed by atoms with Crippen molar-refractivity contribution in [3.8, 4) is 5.75 Å². The van der Waals surface area contributed by atoms with Crippen LogP contribution in [-0.2, 0) is 18.5 Å². The summed E-state index contributed by atoms with van der Waals surface area (Å²) in [7, 11) is -8.17. The van der Waals surface area contributed by atoms with E-state index >= 15 is 0 Å². The third-order valence-electron chi connectivity index (χ3n) is 5.24. The predicted molar refractivity (Wildman–Crippen MR) is 127 cm³/mol. The average molecular weight is 527 g/mol. The van der Waals surface area contributed by atoms with Crippen LogP contribution in [0, 0.1) is 0 Å². The van der Waals surface area contributed by atoms with Gasteiger partial charge in [-0.25, -0.2) is 3.63 Å². The molecule has 10 heteroatoms. The average Bonchev–Trinajstić information content (AvgIpc) is 2.83. The Kier molecular flexibility index (Phi) is 7.75. The zero-order valence-corrected chi connectivity index (χ0v) is 20.3. The van der Waals surface area contributed by atoms with E-state index in [1.807, 2.05) is 0 Å². The number of ether oxygens (including phenoxy) is 2. The molecule has 1 aliphatic heterocycles. The molecule has 4 rings (SSSR count). The molecule has 1 unspecified atom stereocenters. The van der Waals surface area contributed by atoms with Crippen molar-refractivity contribution in [2.24, 2.45) is 0 Å². The Morgan fingerprint density at radius 3 is 1.97 bits per heavy atom. The summed E-state index contributed by atoms with van der Waals surface area (Å²) in [5, 5.41) is 0. The second-order valence-electron chi connectivity index (χ2n) is 7.96. The van der Waals surface area contributed by atoms with E-state index in [1.54, 1.807) is 84.9 Å². The molecular weight excluding hydrogens is 501 g/mol. The Morgan fingerprint density at radius 1 is 0.829 bits per heavy atom. The predicted octanol–water partition coefficient (Wildman–Crippen LogP) is 6.70. The van der Waals surface area contributed by atoms with Gasteiger partial charge in [0.1, 0.15) is 5.75 Å². The molecule has 3 aromatic rings. The van der Waals surface area contributed by atoms with Gasteiger partial charge in [0.15, 0.2) is 12.0 Å². The molecule has 188 valence electrons. The summed E-state index contributed by atoms with van der Waals surface area (Å²) in [5.74, 6) is -1.68. The number of benzene rings is 3. The molecule has 5 nitrogen and oxygen atoms in total. The molecular formula is C25H25F3O5S2. The molecule has 35 heavy (non-hydrogen) atoms. The normalized spacial score (nSPS) is 17.6. The number of halogens is 3. The van der Waals surface area contributed by atoms with Crippen LogP contribution in [0.25, 0.3) is 0 Å². The quantitative estimate of drug-likeness (QED) is 0.327. The summed E-state index contributed by atoms with van der Waals surface area (Å²) in [6, 6.07) is 23.5. The lowest BCUT2D eigenvalue weighted by atomic mass is 10.2. The zero-order chi connectivity index (χ0) is 24.9. The van der Waals surface area contributed by atoms with Crippen molar-refractivity contribution in [2.75, 3.05) is 12.4 Å². The van der Waals surface area contributed by atoms with E-state index in [0.29, 0.717) is 33.5 Å².